The molecule has 2 heterocycles. The monoisotopic (exact) mass is 423 g/mol. The molecule has 31 heavy (non-hydrogen) atoms. The molecule has 1 aromatic heterocycles. The van der Waals surface area contributed by atoms with Gasteiger partial charge in [-0.15, -0.1) is 10.2 Å². The van der Waals surface area contributed by atoms with Crippen molar-refractivity contribution in [3.05, 3.63) is 83.6 Å². The Hall–Kier alpha value is -3.53. The number of benzene rings is 2. The Bertz CT molecular complexity index is 1060. The summed E-state index contributed by atoms with van der Waals surface area (Å²) in [5.41, 5.74) is 0.743. The molecule has 0 spiro atoms. The van der Waals surface area contributed by atoms with Crippen LogP contribution in [0.4, 0.5) is 19.0 Å². The second-order valence-electron chi connectivity index (χ2n) is 7.19. The number of para-hydroxylation sites is 1. The number of hydrogen-bond acceptors (Lipinski definition) is 4. The van der Waals surface area contributed by atoms with E-state index in [1.165, 1.54) is 12.1 Å². The van der Waals surface area contributed by atoms with Crippen molar-refractivity contribution < 1.29 is 17.9 Å². The van der Waals surface area contributed by atoms with Crippen molar-refractivity contribution in [2.75, 3.05) is 18.0 Å². The van der Waals surface area contributed by atoms with Crippen molar-refractivity contribution in [2.45, 2.75) is 25.1 Å². The van der Waals surface area contributed by atoms with Crippen LogP contribution < -0.4 is 9.64 Å². The fourth-order valence-electron chi connectivity index (χ4n) is 3.40. The van der Waals surface area contributed by atoms with Crippen LogP contribution in [0.3, 0.4) is 0 Å². The summed E-state index contributed by atoms with van der Waals surface area (Å²) in [5.74, 6) is 6.64. The molecular weight excluding hydrogens is 403 g/mol. The molecule has 0 radical (unpaired) electrons. The lowest BCUT2D eigenvalue weighted by atomic mass is 10.1. The highest BCUT2D eigenvalue weighted by atomic mass is 19.4. The first-order valence-corrected chi connectivity index (χ1v) is 9.98. The highest BCUT2D eigenvalue weighted by Crippen LogP contribution is 2.37. The first-order valence-electron chi connectivity index (χ1n) is 9.98. The lowest BCUT2D eigenvalue weighted by Crippen LogP contribution is -2.39. The molecule has 0 saturated carbocycles. The van der Waals surface area contributed by atoms with E-state index in [0.29, 0.717) is 31.6 Å². The van der Waals surface area contributed by atoms with Crippen LogP contribution in [-0.4, -0.2) is 29.4 Å². The summed E-state index contributed by atoms with van der Waals surface area (Å²) in [7, 11) is 0. The van der Waals surface area contributed by atoms with E-state index < -0.39 is 11.7 Å². The largest absolute Gasteiger partial charge is 0.490 e. The summed E-state index contributed by atoms with van der Waals surface area (Å²) < 4.78 is 45.2. The normalized spacial score (nSPS) is 14.6. The van der Waals surface area contributed by atoms with Crippen molar-refractivity contribution in [1.29, 1.82) is 0 Å². The molecule has 2 aromatic carbocycles. The zero-order valence-electron chi connectivity index (χ0n) is 16.6. The van der Waals surface area contributed by atoms with Crippen LogP contribution in [0.25, 0.3) is 0 Å². The minimum atomic E-state index is -4.43. The maximum atomic E-state index is 13.2. The summed E-state index contributed by atoms with van der Waals surface area (Å²) >= 11 is 0. The Labute approximate surface area is 178 Å². The van der Waals surface area contributed by atoms with Gasteiger partial charge in [-0.1, -0.05) is 36.3 Å². The van der Waals surface area contributed by atoms with Crippen LogP contribution in [0, 0.1) is 11.8 Å². The summed E-state index contributed by atoms with van der Waals surface area (Å²) in [4.78, 5) is 2.05. The van der Waals surface area contributed by atoms with Gasteiger partial charge in [0.1, 0.15) is 17.5 Å². The van der Waals surface area contributed by atoms with Gasteiger partial charge in [0, 0.05) is 31.5 Å². The second-order valence-corrected chi connectivity index (χ2v) is 7.19. The summed E-state index contributed by atoms with van der Waals surface area (Å²) in [6.07, 6.45) is -3.51. The van der Waals surface area contributed by atoms with Crippen LogP contribution >= 0.6 is 0 Å². The number of nitrogens with zero attached hydrogens (tertiary/aromatic N) is 3. The highest BCUT2D eigenvalue weighted by Gasteiger charge is 2.35. The summed E-state index contributed by atoms with van der Waals surface area (Å²) in [5, 5.41) is 8.43. The number of alkyl halides is 3. The third-order valence-corrected chi connectivity index (χ3v) is 5.01. The number of ether oxygens (including phenoxy) is 1. The molecule has 4 rings (SSSR count). The predicted octanol–water partition coefficient (Wildman–Crippen LogP) is 4.94. The number of aromatic nitrogens is 2. The number of rotatable bonds is 3. The fraction of sp³-hybridized carbons (Fsp3) is 0.250. The molecule has 0 amide bonds. The number of halogens is 3. The second kappa shape index (κ2) is 9.09. The zero-order valence-corrected chi connectivity index (χ0v) is 16.6. The number of hydrogen-bond donors (Lipinski definition) is 0. The molecule has 0 unspecified atom stereocenters. The fourth-order valence-corrected chi connectivity index (χ4v) is 3.40. The van der Waals surface area contributed by atoms with Crippen molar-refractivity contribution in [3.63, 3.8) is 0 Å². The van der Waals surface area contributed by atoms with Gasteiger partial charge in [-0.2, -0.15) is 13.2 Å². The average Bonchev–Trinajstić information content (AvgIpc) is 2.79. The van der Waals surface area contributed by atoms with Crippen LogP contribution in [0.2, 0.25) is 0 Å². The Morgan fingerprint density at radius 2 is 1.55 bits per heavy atom. The lowest BCUT2D eigenvalue weighted by Gasteiger charge is -2.33. The zero-order chi connectivity index (χ0) is 21.7. The molecule has 3 aromatic rings. The van der Waals surface area contributed by atoms with Crippen molar-refractivity contribution >= 4 is 5.82 Å². The molecule has 4 nitrogen and oxygen atoms in total. The van der Waals surface area contributed by atoms with Gasteiger partial charge in [-0.25, -0.2) is 0 Å². The molecule has 1 saturated heterocycles. The maximum absolute atomic E-state index is 13.2. The molecule has 0 aliphatic carbocycles. The maximum Gasteiger partial charge on any atom is 0.419 e. The Morgan fingerprint density at radius 1 is 0.839 bits per heavy atom. The molecule has 0 atom stereocenters. The summed E-state index contributed by atoms with van der Waals surface area (Å²) in [6, 6.07) is 18.6. The quantitative estimate of drug-likeness (QED) is 0.559. The van der Waals surface area contributed by atoms with E-state index >= 15 is 0 Å². The Kier molecular flexibility index (Phi) is 6.08. The van der Waals surface area contributed by atoms with Crippen molar-refractivity contribution in [3.8, 4) is 17.6 Å². The van der Waals surface area contributed by atoms with Crippen LogP contribution in [0.15, 0.2) is 66.7 Å². The number of piperidine rings is 1. The summed E-state index contributed by atoms with van der Waals surface area (Å²) in [6.45, 7) is 1.26. The smallest absolute Gasteiger partial charge is 0.419 e. The van der Waals surface area contributed by atoms with Gasteiger partial charge < -0.3 is 9.64 Å². The minimum absolute atomic E-state index is 0.116. The third kappa shape index (κ3) is 5.34. The molecule has 158 valence electrons. The molecule has 0 N–H and O–H groups in total. The third-order valence-electron chi connectivity index (χ3n) is 5.01. The van der Waals surface area contributed by atoms with E-state index in [-0.39, 0.29) is 11.9 Å². The van der Waals surface area contributed by atoms with Gasteiger partial charge in [0.25, 0.3) is 0 Å². The molecular formula is C24H20F3N3O. The van der Waals surface area contributed by atoms with Gasteiger partial charge >= 0.3 is 6.18 Å². The molecule has 1 aliphatic heterocycles. The minimum Gasteiger partial charge on any atom is -0.490 e. The van der Waals surface area contributed by atoms with E-state index in [4.69, 9.17) is 4.74 Å². The van der Waals surface area contributed by atoms with Gasteiger partial charge in [-0.3, -0.25) is 0 Å². The van der Waals surface area contributed by atoms with E-state index in [1.807, 2.05) is 42.5 Å². The molecule has 1 aliphatic rings. The topological polar surface area (TPSA) is 38.2 Å². The highest BCUT2D eigenvalue weighted by molar-refractivity contribution is 5.43. The van der Waals surface area contributed by atoms with Crippen LogP contribution in [0.1, 0.15) is 29.7 Å². The van der Waals surface area contributed by atoms with E-state index in [1.54, 1.807) is 6.07 Å². The van der Waals surface area contributed by atoms with Crippen LogP contribution in [-0.2, 0) is 6.18 Å². The van der Waals surface area contributed by atoms with E-state index in [0.717, 1.165) is 17.4 Å². The SMILES string of the molecule is FC(F)(F)c1ccccc1OC1CCN(c2ccc(C#Cc3ccccc3)nn2)CC1. The molecule has 7 heteroatoms. The first kappa shape index (κ1) is 20.7. The number of anilines is 1. The van der Waals surface area contributed by atoms with Gasteiger partial charge in [0.2, 0.25) is 0 Å². The first-order chi connectivity index (χ1) is 15.0. The van der Waals surface area contributed by atoms with Gasteiger partial charge in [0.15, 0.2) is 5.82 Å². The van der Waals surface area contributed by atoms with Gasteiger partial charge in [-0.05, 0) is 42.3 Å². The Morgan fingerprint density at radius 3 is 2.23 bits per heavy atom. The van der Waals surface area contributed by atoms with E-state index in [9.17, 15) is 13.2 Å². The predicted molar refractivity (Wildman–Crippen MR) is 112 cm³/mol. The van der Waals surface area contributed by atoms with Crippen LogP contribution in [0.5, 0.6) is 5.75 Å². The van der Waals surface area contributed by atoms with E-state index in [2.05, 4.69) is 26.9 Å². The standard InChI is InChI=1S/C24H20F3N3O/c25-24(26,27)21-8-4-5-9-22(21)31-20-14-16-30(17-15-20)23-13-12-19(28-29-23)11-10-18-6-2-1-3-7-18/h1-9,12-13,20H,14-17H2. The molecule has 1 fully saturated rings. The van der Waals surface area contributed by atoms with Crippen molar-refractivity contribution in [2.24, 2.45) is 0 Å². The van der Waals surface area contributed by atoms with Gasteiger partial charge in [0.05, 0.1) is 5.56 Å². The molecule has 0 bridgehead atoms. The Balaban J connectivity index is 1.35. The van der Waals surface area contributed by atoms with Crippen molar-refractivity contribution in [1.82, 2.24) is 10.2 Å². The lowest BCUT2D eigenvalue weighted by molar-refractivity contribution is -0.139. The average molecular weight is 423 g/mol.